The van der Waals surface area contributed by atoms with E-state index in [2.05, 4.69) is 12.2 Å². The Morgan fingerprint density at radius 3 is 2.57 bits per heavy atom. The fourth-order valence-corrected chi connectivity index (χ4v) is 3.41. The second kappa shape index (κ2) is 6.64. The number of carbonyl (C=O) groups is 2. The predicted octanol–water partition coefficient (Wildman–Crippen LogP) is 1.70. The van der Waals surface area contributed by atoms with Crippen LogP contribution in [-0.4, -0.2) is 54.9 Å². The van der Waals surface area contributed by atoms with Gasteiger partial charge in [0, 0.05) is 31.7 Å². The van der Waals surface area contributed by atoms with Gasteiger partial charge in [-0.3, -0.25) is 4.79 Å². The molecule has 1 saturated carbocycles. The van der Waals surface area contributed by atoms with Gasteiger partial charge in [-0.05, 0) is 32.1 Å². The Balaban J connectivity index is 1.77. The number of carbonyl (C=O) groups excluding carboxylic acids is 1. The second-order valence-corrected chi connectivity index (χ2v) is 6.75. The highest BCUT2D eigenvalue weighted by molar-refractivity contribution is 5.75. The van der Waals surface area contributed by atoms with Gasteiger partial charge in [-0.1, -0.05) is 6.92 Å². The maximum Gasteiger partial charge on any atom is 0.317 e. The summed E-state index contributed by atoms with van der Waals surface area (Å²) >= 11 is 0. The fourth-order valence-electron chi connectivity index (χ4n) is 3.41. The molecule has 0 spiro atoms. The highest BCUT2D eigenvalue weighted by Gasteiger charge is 2.37. The molecule has 6 heteroatoms. The SMILES string of the molecule is COCC1(C)CCN(C(=O)NC2CCC(C(=O)O)CC2)C1. The number of amides is 2. The fraction of sp³-hybridized carbons (Fsp3) is 0.867. The summed E-state index contributed by atoms with van der Waals surface area (Å²) in [6.07, 6.45) is 3.78. The van der Waals surface area contributed by atoms with Crippen molar-refractivity contribution >= 4 is 12.0 Å². The number of hydrogen-bond donors (Lipinski definition) is 2. The van der Waals surface area contributed by atoms with Crippen molar-refractivity contribution in [3.63, 3.8) is 0 Å². The summed E-state index contributed by atoms with van der Waals surface area (Å²) in [6, 6.07) is 0.0935. The molecule has 2 fully saturated rings. The van der Waals surface area contributed by atoms with Gasteiger partial charge in [0.2, 0.25) is 0 Å². The van der Waals surface area contributed by atoms with E-state index >= 15 is 0 Å². The molecule has 2 amide bonds. The summed E-state index contributed by atoms with van der Waals surface area (Å²) in [4.78, 5) is 25.0. The minimum Gasteiger partial charge on any atom is -0.481 e. The van der Waals surface area contributed by atoms with E-state index in [-0.39, 0.29) is 23.4 Å². The highest BCUT2D eigenvalue weighted by atomic mass is 16.5. The lowest BCUT2D eigenvalue weighted by Gasteiger charge is -2.29. The number of likely N-dealkylation sites (tertiary alicyclic amines) is 1. The average molecular weight is 298 g/mol. The van der Waals surface area contributed by atoms with Crippen LogP contribution in [0, 0.1) is 11.3 Å². The molecule has 1 unspecified atom stereocenters. The van der Waals surface area contributed by atoms with Crippen LogP contribution >= 0.6 is 0 Å². The molecule has 1 aliphatic carbocycles. The Morgan fingerprint density at radius 1 is 1.33 bits per heavy atom. The molecule has 0 radical (unpaired) electrons. The van der Waals surface area contributed by atoms with Crippen LogP contribution in [-0.2, 0) is 9.53 Å². The minimum atomic E-state index is -0.713. The summed E-state index contributed by atoms with van der Waals surface area (Å²) in [5, 5.41) is 12.0. The monoisotopic (exact) mass is 298 g/mol. The summed E-state index contributed by atoms with van der Waals surface area (Å²) in [5.41, 5.74) is 0.0487. The zero-order chi connectivity index (χ0) is 15.5. The third-order valence-corrected chi connectivity index (χ3v) is 4.74. The van der Waals surface area contributed by atoms with Crippen LogP contribution in [0.25, 0.3) is 0 Å². The summed E-state index contributed by atoms with van der Waals surface area (Å²) in [6.45, 7) is 4.29. The third kappa shape index (κ3) is 4.09. The van der Waals surface area contributed by atoms with Gasteiger partial charge in [0.1, 0.15) is 0 Å². The summed E-state index contributed by atoms with van der Waals surface area (Å²) in [5.74, 6) is -0.954. The number of ether oxygens (including phenoxy) is 1. The number of rotatable bonds is 4. The molecular weight excluding hydrogens is 272 g/mol. The number of hydrogen-bond acceptors (Lipinski definition) is 3. The van der Waals surface area contributed by atoms with E-state index in [1.54, 1.807) is 7.11 Å². The molecule has 1 heterocycles. The lowest BCUT2D eigenvalue weighted by molar-refractivity contribution is -0.142. The van der Waals surface area contributed by atoms with E-state index in [4.69, 9.17) is 9.84 Å². The number of methoxy groups -OCH3 is 1. The Morgan fingerprint density at radius 2 is 2.00 bits per heavy atom. The summed E-state index contributed by atoms with van der Waals surface area (Å²) in [7, 11) is 1.69. The van der Waals surface area contributed by atoms with Crippen LogP contribution in [0.2, 0.25) is 0 Å². The van der Waals surface area contributed by atoms with Crippen LogP contribution in [0.1, 0.15) is 39.0 Å². The van der Waals surface area contributed by atoms with Crippen LogP contribution in [0.3, 0.4) is 0 Å². The van der Waals surface area contributed by atoms with E-state index in [1.807, 2.05) is 4.90 Å². The molecule has 1 saturated heterocycles. The van der Waals surface area contributed by atoms with Gasteiger partial charge in [-0.2, -0.15) is 0 Å². The molecule has 2 N–H and O–H groups in total. The first-order valence-electron chi connectivity index (χ1n) is 7.71. The second-order valence-electron chi connectivity index (χ2n) is 6.75. The van der Waals surface area contributed by atoms with Crippen LogP contribution < -0.4 is 5.32 Å². The average Bonchev–Trinajstić information content (AvgIpc) is 2.82. The number of urea groups is 1. The molecule has 0 aromatic carbocycles. The van der Waals surface area contributed by atoms with Crippen molar-refractivity contribution in [1.82, 2.24) is 10.2 Å². The number of aliphatic carboxylic acids is 1. The molecule has 1 atom stereocenters. The Kier molecular flexibility index (Phi) is 5.08. The Bertz CT molecular complexity index is 393. The van der Waals surface area contributed by atoms with E-state index in [0.717, 1.165) is 32.4 Å². The van der Waals surface area contributed by atoms with Crippen molar-refractivity contribution in [2.24, 2.45) is 11.3 Å². The van der Waals surface area contributed by atoms with Gasteiger partial charge in [0.05, 0.1) is 12.5 Å². The van der Waals surface area contributed by atoms with Crippen LogP contribution in [0.5, 0.6) is 0 Å². The van der Waals surface area contributed by atoms with Gasteiger partial charge in [0.25, 0.3) is 0 Å². The topological polar surface area (TPSA) is 78.9 Å². The van der Waals surface area contributed by atoms with Gasteiger partial charge in [-0.25, -0.2) is 4.79 Å². The zero-order valence-corrected chi connectivity index (χ0v) is 12.9. The lowest BCUT2D eigenvalue weighted by atomic mass is 9.86. The number of nitrogens with one attached hydrogen (secondary N) is 1. The van der Waals surface area contributed by atoms with Crippen molar-refractivity contribution in [2.45, 2.75) is 45.1 Å². The molecule has 0 aromatic rings. The van der Waals surface area contributed by atoms with Crippen molar-refractivity contribution in [2.75, 3.05) is 26.8 Å². The maximum absolute atomic E-state index is 12.3. The molecule has 2 aliphatic rings. The van der Waals surface area contributed by atoms with Crippen molar-refractivity contribution in [3.05, 3.63) is 0 Å². The molecule has 120 valence electrons. The maximum atomic E-state index is 12.3. The number of carboxylic acids is 1. The van der Waals surface area contributed by atoms with E-state index in [1.165, 1.54) is 0 Å². The van der Waals surface area contributed by atoms with Crippen molar-refractivity contribution in [3.8, 4) is 0 Å². The van der Waals surface area contributed by atoms with E-state index in [9.17, 15) is 9.59 Å². The molecule has 0 bridgehead atoms. The van der Waals surface area contributed by atoms with Gasteiger partial charge >= 0.3 is 12.0 Å². The third-order valence-electron chi connectivity index (χ3n) is 4.74. The molecule has 1 aliphatic heterocycles. The van der Waals surface area contributed by atoms with Gasteiger partial charge < -0.3 is 20.1 Å². The van der Waals surface area contributed by atoms with Gasteiger partial charge in [0.15, 0.2) is 0 Å². The quantitative estimate of drug-likeness (QED) is 0.828. The van der Waals surface area contributed by atoms with Gasteiger partial charge in [-0.15, -0.1) is 0 Å². The molecule has 2 rings (SSSR count). The summed E-state index contributed by atoms with van der Waals surface area (Å²) < 4.78 is 5.23. The van der Waals surface area contributed by atoms with Crippen molar-refractivity contribution in [1.29, 1.82) is 0 Å². The molecule has 0 aromatic heterocycles. The lowest BCUT2D eigenvalue weighted by Crippen LogP contribution is -2.46. The first-order valence-corrected chi connectivity index (χ1v) is 7.71. The largest absolute Gasteiger partial charge is 0.481 e. The normalized spacial score (nSPS) is 33.0. The first-order chi connectivity index (χ1) is 9.93. The standard InChI is InChI=1S/C15H26N2O4/c1-15(10-21-2)7-8-17(9-15)14(20)16-12-5-3-11(4-6-12)13(18)19/h11-12H,3-10H2,1-2H3,(H,16,20)(H,18,19). The Labute approximate surface area is 125 Å². The number of carboxylic acid groups (broad SMARTS) is 1. The zero-order valence-electron chi connectivity index (χ0n) is 12.9. The minimum absolute atomic E-state index is 0.0198. The predicted molar refractivity (Wildman–Crippen MR) is 78.1 cm³/mol. The van der Waals surface area contributed by atoms with E-state index in [0.29, 0.717) is 19.4 Å². The molecular formula is C15H26N2O4. The smallest absolute Gasteiger partial charge is 0.317 e. The van der Waals surface area contributed by atoms with Crippen LogP contribution in [0.4, 0.5) is 4.79 Å². The molecule has 6 nitrogen and oxygen atoms in total. The van der Waals surface area contributed by atoms with Crippen molar-refractivity contribution < 1.29 is 19.4 Å². The first kappa shape index (κ1) is 16.1. The Hall–Kier alpha value is -1.30. The van der Waals surface area contributed by atoms with E-state index < -0.39 is 5.97 Å². The molecule has 21 heavy (non-hydrogen) atoms. The van der Waals surface area contributed by atoms with Crippen LogP contribution in [0.15, 0.2) is 0 Å². The highest BCUT2D eigenvalue weighted by Crippen LogP contribution is 2.30. The number of nitrogens with zero attached hydrogens (tertiary/aromatic N) is 1.